The van der Waals surface area contributed by atoms with Gasteiger partial charge in [-0.25, -0.2) is 0 Å². The maximum Gasteiger partial charge on any atom is 0.303 e. The van der Waals surface area contributed by atoms with E-state index < -0.39 is 16.8 Å². The summed E-state index contributed by atoms with van der Waals surface area (Å²) in [4.78, 5) is 37.9. The number of Topliss-reactive ketones (excluding diaryl/α,β-unsaturated/α-hetero) is 1. The molecule has 1 fully saturated rings. The summed E-state index contributed by atoms with van der Waals surface area (Å²) in [6.45, 7) is 23.2. The van der Waals surface area contributed by atoms with Crippen LogP contribution >= 0.6 is 0 Å². The molecule has 1 saturated carbocycles. The van der Waals surface area contributed by atoms with Crippen molar-refractivity contribution in [1.82, 2.24) is 0 Å². The fourth-order valence-corrected chi connectivity index (χ4v) is 8.11. The lowest BCUT2D eigenvalue weighted by atomic mass is 9.42. The highest BCUT2D eigenvalue weighted by atomic mass is 16.4. The van der Waals surface area contributed by atoms with Gasteiger partial charge in [-0.2, -0.15) is 5.26 Å². The first kappa shape index (κ1) is 34.0. The van der Waals surface area contributed by atoms with Crippen molar-refractivity contribution in [2.24, 2.45) is 38.4 Å². The molecule has 0 amide bonds. The maximum atomic E-state index is 13.2. The van der Waals surface area contributed by atoms with Crippen LogP contribution in [0.15, 0.2) is 23.3 Å². The van der Waals surface area contributed by atoms with Crippen LogP contribution in [0, 0.1) is 49.7 Å². The molecule has 40 heavy (non-hydrogen) atoms. The van der Waals surface area contributed by atoms with E-state index in [1.54, 1.807) is 13.0 Å². The van der Waals surface area contributed by atoms with Gasteiger partial charge in [0.25, 0.3) is 0 Å². The van der Waals surface area contributed by atoms with Gasteiger partial charge in [0, 0.05) is 10.8 Å². The van der Waals surface area contributed by atoms with E-state index in [9.17, 15) is 24.8 Å². The first-order chi connectivity index (χ1) is 18.1. The number of carboxylic acids is 1. The van der Waals surface area contributed by atoms with Crippen LogP contribution in [0.1, 0.15) is 134 Å². The Balaban J connectivity index is 2.53. The molecular weight excluding hydrogens is 498 g/mol. The van der Waals surface area contributed by atoms with Crippen LogP contribution in [-0.4, -0.2) is 22.6 Å². The predicted octanol–water partition coefficient (Wildman–Crippen LogP) is 8.88. The summed E-state index contributed by atoms with van der Waals surface area (Å²) in [7, 11) is 0. The van der Waals surface area contributed by atoms with Crippen molar-refractivity contribution in [3.63, 3.8) is 0 Å². The SMILES string of the molecule is CCCC(C)(C)CC[C@@](C)(CCC(C)(C)[C@]1(C)CC[C@H]2C(C)(C)C(=O)C(C#N)=C[C@]2(C)/C1=C/C(C)=O)CC(=O)O. The monoisotopic (exact) mass is 553 g/mol. The van der Waals surface area contributed by atoms with Gasteiger partial charge in [0.2, 0.25) is 0 Å². The van der Waals surface area contributed by atoms with Gasteiger partial charge in [-0.3, -0.25) is 14.4 Å². The molecule has 0 aliphatic heterocycles. The van der Waals surface area contributed by atoms with Gasteiger partial charge < -0.3 is 5.11 Å². The number of carbonyl (C=O) groups is 3. The first-order valence-electron chi connectivity index (χ1n) is 15.2. The second kappa shape index (κ2) is 11.6. The lowest BCUT2D eigenvalue weighted by Crippen LogP contribution is -2.55. The van der Waals surface area contributed by atoms with E-state index in [1.165, 1.54) is 0 Å². The third-order valence-corrected chi connectivity index (χ3v) is 11.2. The molecule has 0 spiro atoms. The van der Waals surface area contributed by atoms with Crippen LogP contribution in [-0.2, 0) is 14.4 Å². The highest BCUT2D eigenvalue weighted by Crippen LogP contribution is 2.67. The Hall–Kier alpha value is -2.22. The Bertz CT molecular complexity index is 1120. The molecule has 5 heteroatoms. The molecule has 5 nitrogen and oxygen atoms in total. The van der Waals surface area contributed by atoms with Crippen molar-refractivity contribution >= 4 is 17.5 Å². The largest absolute Gasteiger partial charge is 0.481 e. The molecule has 0 aromatic rings. The standard InChI is InChI=1S/C35H55NO4/c1-12-14-30(3,4)16-18-33(9,22-28(38)39)19-17-31(5,6)35(11)15-13-26-32(7,8)29(40)25(23-36)21-34(26,10)27(35)20-24(2)37/h20-21,26H,12-19,22H2,1-11H3,(H,38,39)/b27-20-/t26-,33-,34-,35+/m0/s1. The third kappa shape index (κ3) is 6.63. The van der Waals surface area contributed by atoms with Crippen LogP contribution in [0.3, 0.4) is 0 Å². The second-order valence-corrected chi connectivity index (χ2v) is 15.8. The smallest absolute Gasteiger partial charge is 0.303 e. The van der Waals surface area contributed by atoms with E-state index in [2.05, 4.69) is 61.5 Å². The number of ketones is 2. The average Bonchev–Trinajstić information content (AvgIpc) is 2.81. The van der Waals surface area contributed by atoms with Crippen molar-refractivity contribution in [1.29, 1.82) is 5.26 Å². The van der Waals surface area contributed by atoms with Gasteiger partial charge in [0.15, 0.2) is 11.6 Å². The highest BCUT2D eigenvalue weighted by Gasteiger charge is 2.61. The molecule has 0 aromatic heterocycles. The van der Waals surface area contributed by atoms with E-state index >= 15 is 0 Å². The second-order valence-electron chi connectivity index (χ2n) is 15.8. The van der Waals surface area contributed by atoms with Crippen molar-refractivity contribution < 1.29 is 19.5 Å². The summed E-state index contributed by atoms with van der Waals surface area (Å²) in [5.74, 6) is -0.919. The lowest BCUT2D eigenvalue weighted by molar-refractivity contribution is -0.140. The molecular formula is C35H55NO4. The molecule has 0 aromatic carbocycles. The van der Waals surface area contributed by atoms with Crippen LogP contribution in [0.2, 0.25) is 0 Å². The van der Waals surface area contributed by atoms with Gasteiger partial charge in [-0.05, 0) is 85.5 Å². The minimum absolute atomic E-state index is 0.0165. The van der Waals surface area contributed by atoms with Gasteiger partial charge in [-0.1, -0.05) is 87.3 Å². The Kier molecular flexibility index (Phi) is 9.83. The summed E-state index contributed by atoms with van der Waals surface area (Å²) in [5.41, 5.74) is -0.903. The number of nitrogens with zero attached hydrogens (tertiary/aromatic N) is 1. The van der Waals surface area contributed by atoms with Crippen LogP contribution < -0.4 is 0 Å². The minimum Gasteiger partial charge on any atom is -0.481 e. The quantitative estimate of drug-likeness (QED) is 0.243. The first-order valence-corrected chi connectivity index (χ1v) is 15.2. The number of carboxylic acid groups (broad SMARTS) is 1. The van der Waals surface area contributed by atoms with Gasteiger partial charge in [-0.15, -0.1) is 0 Å². The molecule has 0 radical (unpaired) electrons. The lowest BCUT2D eigenvalue weighted by Gasteiger charge is -2.61. The molecule has 0 bridgehead atoms. The molecule has 4 atom stereocenters. The summed E-state index contributed by atoms with van der Waals surface area (Å²) in [6.07, 6.45) is 11.1. The third-order valence-electron chi connectivity index (χ3n) is 11.2. The number of carbonyl (C=O) groups excluding carboxylic acids is 2. The number of nitriles is 1. The van der Waals surface area contributed by atoms with E-state index in [0.717, 1.165) is 56.9 Å². The average molecular weight is 554 g/mol. The highest BCUT2D eigenvalue weighted by molar-refractivity contribution is 6.04. The summed E-state index contributed by atoms with van der Waals surface area (Å²) >= 11 is 0. The van der Waals surface area contributed by atoms with Crippen molar-refractivity contribution in [3.8, 4) is 6.07 Å². The number of hydrogen-bond donors (Lipinski definition) is 1. The normalized spacial score (nSPS) is 29.2. The Morgan fingerprint density at radius 2 is 1.62 bits per heavy atom. The molecule has 0 heterocycles. The topological polar surface area (TPSA) is 95.2 Å². The summed E-state index contributed by atoms with van der Waals surface area (Å²) < 4.78 is 0. The van der Waals surface area contributed by atoms with Crippen molar-refractivity contribution in [3.05, 3.63) is 23.3 Å². The number of aliphatic carboxylic acids is 1. The van der Waals surface area contributed by atoms with Crippen LogP contribution in [0.5, 0.6) is 0 Å². The number of rotatable bonds is 12. The van der Waals surface area contributed by atoms with E-state index in [-0.39, 0.29) is 51.1 Å². The molecule has 2 aliphatic carbocycles. The zero-order chi connectivity index (χ0) is 30.9. The summed E-state index contributed by atoms with van der Waals surface area (Å²) in [5, 5.41) is 19.7. The van der Waals surface area contributed by atoms with E-state index in [4.69, 9.17) is 0 Å². The van der Waals surface area contributed by atoms with Crippen LogP contribution in [0.4, 0.5) is 0 Å². The van der Waals surface area contributed by atoms with Crippen molar-refractivity contribution in [2.75, 3.05) is 0 Å². The van der Waals surface area contributed by atoms with Gasteiger partial charge >= 0.3 is 5.97 Å². The molecule has 224 valence electrons. The van der Waals surface area contributed by atoms with E-state index in [0.29, 0.717) is 0 Å². The molecule has 0 saturated heterocycles. The minimum atomic E-state index is -0.756. The number of allylic oxidation sites excluding steroid dienone is 4. The zero-order valence-electron chi connectivity index (χ0n) is 27.2. The van der Waals surface area contributed by atoms with Gasteiger partial charge in [0.05, 0.1) is 12.0 Å². The predicted molar refractivity (Wildman–Crippen MR) is 161 cm³/mol. The summed E-state index contributed by atoms with van der Waals surface area (Å²) in [6, 6.07) is 2.15. The van der Waals surface area contributed by atoms with Crippen molar-refractivity contribution in [2.45, 2.75) is 134 Å². The fourth-order valence-electron chi connectivity index (χ4n) is 8.11. The number of hydrogen-bond acceptors (Lipinski definition) is 4. The van der Waals surface area contributed by atoms with Crippen LogP contribution in [0.25, 0.3) is 0 Å². The molecule has 2 aliphatic rings. The van der Waals surface area contributed by atoms with Gasteiger partial charge in [0.1, 0.15) is 6.07 Å². The molecule has 1 N–H and O–H groups in total. The Morgan fingerprint density at radius 3 is 2.12 bits per heavy atom. The van der Waals surface area contributed by atoms with E-state index in [1.807, 2.05) is 19.9 Å². The fraction of sp³-hybridized carbons (Fsp3) is 0.771. The Labute approximate surface area is 243 Å². The molecule has 2 rings (SSSR count). The molecule has 0 unspecified atom stereocenters. The maximum absolute atomic E-state index is 13.2. The Morgan fingerprint density at radius 1 is 1.05 bits per heavy atom. The number of fused-ring (bicyclic) bond motifs is 1. The zero-order valence-corrected chi connectivity index (χ0v) is 27.2.